The van der Waals surface area contributed by atoms with Gasteiger partial charge in [-0.05, 0) is 80.2 Å². The Bertz CT molecular complexity index is 3930. The largest absolute Gasteiger partial charge is 0.509 e. The van der Waals surface area contributed by atoms with Crippen LogP contribution < -0.4 is 14.5 Å². The van der Waals surface area contributed by atoms with Crippen molar-refractivity contribution in [2.45, 2.75) is 5.41 Å². The minimum absolute atomic E-state index is 0. The van der Waals surface area contributed by atoms with Gasteiger partial charge >= 0.3 is 0 Å². The van der Waals surface area contributed by atoms with Crippen LogP contribution in [0.25, 0.3) is 61.1 Å². The third-order valence-corrected chi connectivity index (χ3v) is 14.5. The quantitative estimate of drug-likeness (QED) is 0.135. The summed E-state index contributed by atoms with van der Waals surface area (Å²) in [5.74, 6) is 1.97. The molecule has 0 N–H and O–H groups in total. The number of fused-ring (bicyclic) bond motifs is 7. The molecule has 73 heavy (non-hydrogen) atoms. The minimum Gasteiger partial charge on any atom is -0.509 e. The molecule has 0 saturated carbocycles. The topological polar surface area (TPSA) is 38.5 Å². The van der Waals surface area contributed by atoms with E-state index >= 15 is 0 Å². The number of aryl methyl sites for hydroxylation is 1. The SMILES string of the molecule is Cn1ccnc1-n1c2[c-]c(Oc3[c-]c(N4[CH-]N(c5c(-c6ccccc6)cc(C6(c7ccccc7)c7ccccc7-c7ccccc76)cc5-c5ccccc5)c5ccccc54)ccc3)ccc2c2ccccc21.[Pt]. The van der Waals surface area contributed by atoms with Crippen molar-refractivity contribution in [2.75, 3.05) is 9.80 Å². The number of hydrogen-bond acceptors (Lipinski definition) is 4. The van der Waals surface area contributed by atoms with Gasteiger partial charge in [-0.1, -0.05) is 175 Å². The molecule has 7 heteroatoms. The van der Waals surface area contributed by atoms with Crippen molar-refractivity contribution in [3.8, 4) is 50.8 Å². The van der Waals surface area contributed by atoms with Crippen LogP contribution in [0.4, 0.5) is 22.7 Å². The molecule has 352 valence electrons. The van der Waals surface area contributed by atoms with Gasteiger partial charge in [-0.3, -0.25) is 0 Å². The normalized spacial score (nSPS) is 13.2. The van der Waals surface area contributed by atoms with Crippen LogP contribution in [0.15, 0.2) is 243 Å². The molecule has 2 aromatic heterocycles. The van der Waals surface area contributed by atoms with Crippen molar-refractivity contribution >= 4 is 44.6 Å². The zero-order chi connectivity index (χ0) is 47.8. The Kier molecular flexibility index (Phi) is 10.8. The average molecular weight is 1120 g/mol. The van der Waals surface area contributed by atoms with Crippen molar-refractivity contribution in [1.82, 2.24) is 14.1 Å². The fourth-order valence-corrected chi connectivity index (χ4v) is 11.4. The van der Waals surface area contributed by atoms with E-state index in [1.165, 1.54) is 33.4 Å². The number of hydrogen-bond donors (Lipinski definition) is 0. The first-order chi connectivity index (χ1) is 35.6. The van der Waals surface area contributed by atoms with E-state index in [9.17, 15) is 0 Å². The first-order valence-electron chi connectivity index (χ1n) is 24.3. The Hall–Kier alpha value is -8.70. The molecule has 1 aliphatic heterocycles. The molecule has 0 atom stereocenters. The summed E-state index contributed by atoms with van der Waals surface area (Å²) in [5, 5.41) is 2.21. The van der Waals surface area contributed by atoms with Crippen LogP contribution in [0.2, 0.25) is 0 Å². The Balaban J connectivity index is 0.00000516. The first kappa shape index (κ1) is 44.3. The van der Waals surface area contributed by atoms with Gasteiger partial charge in [0.25, 0.3) is 0 Å². The Labute approximate surface area is 438 Å². The predicted molar refractivity (Wildman–Crippen MR) is 291 cm³/mol. The number of aromatic nitrogens is 3. The molecule has 10 aromatic carbocycles. The maximum absolute atomic E-state index is 6.69. The van der Waals surface area contributed by atoms with Gasteiger partial charge in [0.15, 0.2) is 0 Å². The predicted octanol–water partition coefficient (Wildman–Crippen LogP) is 16.0. The van der Waals surface area contributed by atoms with Gasteiger partial charge in [-0.25, -0.2) is 4.98 Å². The molecule has 0 radical (unpaired) electrons. The van der Waals surface area contributed by atoms with Crippen LogP contribution >= 0.6 is 0 Å². The molecule has 12 aromatic rings. The number of rotatable bonds is 9. The summed E-state index contributed by atoms with van der Waals surface area (Å²) >= 11 is 0. The summed E-state index contributed by atoms with van der Waals surface area (Å²) in [6, 6.07) is 90.1. The molecule has 0 bridgehead atoms. The zero-order valence-corrected chi connectivity index (χ0v) is 41.9. The van der Waals surface area contributed by atoms with Crippen LogP contribution in [-0.4, -0.2) is 14.1 Å². The van der Waals surface area contributed by atoms with E-state index in [1.54, 1.807) is 0 Å². The minimum atomic E-state index is -0.606. The van der Waals surface area contributed by atoms with Gasteiger partial charge in [0, 0.05) is 85.7 Å². The fraction of sp³-hybridized carbons (Fsp3) is 0.0303. The molecule has 0 unspecified atom stereocenters. The summed E-state index contributed by atoms with van der Waals surface area (Å²) in [4.78, 5) is 9.31. The van der Waals surface area contributed by atoms with Gasteiger partial charge in [0.05, 0.1) is 5.41 Å². The summed E-state index contributed by atoms with van der Waals surface area (Å²) in [6.45, 7) is 2.21. The molecular formula is C66H44N5OPt-3. The number of nitrogens with zero attached hydrogens (tertiary/aromatic N) is 5. The van der Waals surface area contributed by atoms with Crippen LogP contribution in [0.3, 0.4) is 0 Å². The zero-order valence-electron chi connectivity index (χ0n) is 39.6. The number of ether oxygens (including phenoxy) is 1. The van der Waals surface area contributed by atoms with Gasteiger partial charge < -0.3 is 23.7 Å². The molecule has 0 fully saturated rings. The third kappa shape index (κ3) is 7.00. The average Bonchev–Trinajstić information content (AvgIpc) is 4.21. The Morgan fingerprint density at radius 3 is 1.73 bits per heavy atom. The second-order valence-corrected chi connectivity index (χ2v) is 18.5. The Morgan fingerprint density at radius 2 is 1.07 bits per heavy atom. The van der Waals surface area contributed by atoms with Gasteiger partial charge in [0.2, 0.25) is 5.95 Å². The van der Waals surface area contributed by atoms with E-state index in [0.717, 1.165) is 72.8 Å². The summed E-state index contributed by atoms with van der Waals surface area (Å²) in [7, 11) is 2.01. The molecule has 0 spiro atoms. The van der Waals surface area contributed by atoms with Crippen molar-refractivity contribution in [3.05, 3.63) is 284 Å². The summed E-state index contributed by atoms with van der Waals surface area (Å²) < 4.78 is 10.9. The third-order valence-electron chi connectivity index (χ3n) is 14.5. The maximum atomic E-state index is 6.69. The second kappa shape index (κ2) is 17.9. The smallest absolute Gasteiger partial charge is 0.212 e. The van der Waals surface area contributed by atoms with Crippen LogP contribution in [0, 0.1) is 18.8 Å². The van der Waals surface area contributed by atoms with Gasteiger partial charge in [0.1, 0.15) is 0 Å². The molecule has 2 aliphatic rings. The number of imidazole rings is 1. The molecular weight excluding hydrogens is 1070 g/mol. The first-order valence-corrected chi connectivity index (χ1v) is 24.3. The van der Waals surface area contributed by atoms with Crippen LogP contribution in [0.1, 0.15) is 22.3 Å². The van der Waals surface area contributed by atoms with Crippen molar-refractivity contribution in [3.63, 3.8) is 0 Å². The van der Waals surface area contributed by atoms with Crippen LogP contribution in [0.5, 0.6) is 11.5 Å². The van der Waals surface area contributed by atoms with E-state index in [1.807, 2.05) is 42.2 Å². The van der Waals surface area contributed by atoms with E-state index in [4.69, 9.17) is 9.72 Å². The van der Waals surface area contributed by atoms with E-state index in [-0.39, 0.29) is 21.1 Å². The number of para-hydroxylation sites is 3. The van der Waals surface area contributed by atoms with Gasteiger partial charge in [-0.2, -0.15) is 12.1 Å². The monoisotopic (exact) mass is 1120 g/mol. The van der Waals surface area contributed by atoms with Crippen molar-refractivity contribution in [1.29, 1.82) is 0 Å². The summed E-state index contributed by atoms with van der Waals surface area (Å²) in [6.07, 6.45) is 3.78. The molecule has 0 saturated heterocycles. The van der Waals surface area contributed by atoms with E-state index in [0.29, 0.717) is 11.5 Å². The standard InChI is InChI=1S/C66H44N5O.Pt/c1-68-39-38-67-65(68)71-60-33-16-13-30-54(60)55-37-36-51(43-63(55)71)72-50-27-19-26-49(42-50)69-44-70(62-35-18-17-34-61(62)69)64-56(45-20-5-2-6-21-45)40-48(41-57(64)46-22-7-3-8-23-46)66(47-24-9-4-10-25-47)58-31-14-11-28-52(58)53-29-12-15-32-59(53)66;/h2-41,44H,1H3;/q-3;. The maximum Gasteiger partial charge on any atom is 0.212 e. The number of anilines is 4. The summed E-state index contributed by atoms with van der Waals surface area (Å²) in [5.41, 5.74) is 17.3. The van der Waals surface area contributed by atoms with Crippen molar-refractivity contribution < 1.29 is 25.8 Å². The fourth-order valence-electron chi connectivity index (χ4n) is 11.4. The van der Waals surface area contributed by atoms with E-state index < -0.39 is 5.41 Å². The van der Waals surface area contributed by atoms with Gasteiger partial charge in [-0.15, -0.1) is 48.1 Å². The van der Waals surface area contributed by atoms with Crippen molar-refractivity contribution in [2.24, 2.45) is 7.05 Å². The molecule has 3 heterocycles. The Morgan fingerprint density at radius 1 is 0.493 bits per heavy atom. The molecule has 14 rings (SSSR count). The molecule has 1 aliphatic carbocycles. The van der Waals surface area contributed by atoms with E-state index in [2.05, 4.69) is 245 Å². The molecule has 0 amide bonds. The second-order valence-electron chi connectivity index (χ2n) is 18.5. The van der Waals surface area contributed by atoms with Crippen LogP contribution in [-0.2, 0) is 33.5 Å². The number of benzene rings is 10. The molecule has 6 nitrogen and oxygen atoms in total.